The molecule has 3 aromatic rings. The average Bonchev–Trinajstić information content (AvgIpc) is 3.60. The first-order valence-electron chi connectivity index (χ1n) is 13.1. The topological polar surface area (TPSA) is 124 Å². The summed E-state index contributed by atoms with van der Waals surface area (Å²) in [5.41, 5.74) is -0.0368. The quantitative estimate of drug-likeness (QED) is 0.417. The van der Waals surface area contributed by atoms with E-state index < -0.39 is 42.0 Å². The first kappa shape index (κ1) is 28.0. The lowest BCUT2D eigenvalue weighted by atomic mass is 10.1. The van der Waals surface area contributed by atoms with Crippen molar-refractivity contribution in [3.63, 3.8) is 0 Å². The molecule has 1 aromatic heterocycles. The molecule has 2 N–H and O–H groups in total. The highest BCUT2D eigenvalue weighted by molar-refractivity contribution is 6.01. The molecule has 0 bridgehead atoms. The standard InChI is InChI=1S/C28H27F3N4O7/c1-13-15-5-4-6-19(22(15)26(37)35(13)2)42-25-16(28(29,30)31)10-32-27(34-25)33-17-8-7-14(9-20(17)38-3)41-21-12-40-23-18(36)11-39-24(21)23/h4-10,13,18,21,23-24,36H,11-12H2,1-3H3,(H,32,33,34)/t13-,18+,21+,23+,24+/m0/s1. The van der Waals surface area contributed by atoms with Gasteiger partial charge in [0.05, 0.1) is 37.6 Å². The fraction of sp³-hybridized carbons (Fsp3) is 0.393. The molecule has 14 heteroatoms. The number of hydrogen-bond acceptors (Lipinski definition) is 10. The molecule has 0 unspecified atom stereocenters. The predicted molar refractivity (Wildman–Crippen MR) is 140 cm³/mol. The van der Waals surface area contributed by atoms with E-state index in [2.05, 4.69) is 15.3 Å². The Kier molecular flexibility index (Phi) is 7.07. The van der Waals surface area contributed by atoms with Gasteiger partial charge in [0, 0.05) is 19.3 Å². The van der Waals surface area contributed by atoms with Crippen molar-refractivity contribution in [3.8, 4) is 23.1 Å². The van der Waals surface area contributed by atoms with Crippen LogP contribution in [0.4, 0.5) is 24.8 Å². The van der Waals surface area contributed by atoms with Gasteiger partial charge in [-0.2, -0.15) is 18.2 Å². The molecule has 222 valence electrons. The number of hydrogen-bond donors (Lipinski definition) is 2. The number of halogens is 3. The Bertz CT molecular complexity index is 1520. The van der Waals surface area contributed by atoms with Gasteiger partial charge in [-0.05, 0) is 30.7 Å². The number of anilines is 2. The van der Waals surface area contributed by atoms with Crippen LogP contribution in [0, 0.1) is 0 Å². The third-order valence-corrected chi connectivity index (χ3v) is 7.58. The van der Waals surface area contributed by atoms with Crippen LogP contribution in [0.5, 0.6) is 23.1 Å². The summed E-state index contributed by atoms with van der Waals surface area (Å²) in [6, 6.07) is 9.30. The van der Waals surface area contributed by atoms with Gasteiger partial charge in [0.15, 0.2) is 6.10 Å². The summed E-state index contributed by atoms with van der Waals surface area (Å²) >= 11 is 0. The normalized spacial score (nSPS) is 24.9. The maximum atomic E-state index is 13.9. The minimum atomic E-state index is -4.82. The summed E-state index contributed by atoms with van der Waals surface area (Å²) in [7, 11) is 3.03. The van der Waals surface area contributed by atoms with Crippen molar-refractivity contribution in [2.45, 2.75) is 43.6 Å². The van der Waals surface area contributed by atoms with Crippen molar-refractivity contribution in [1.29, 1.82) is 0 Å². The summed E-state index contributed by atoms with van der Waals surface area (Å²) in [4.78, 5) is 22.1. The number of fused-ring (bicyclic) bond motifs is 2. The largest absolute Gasteiger partial charge is 0.494 e. The van der Waals surface area contributed by atoms with Crippen molar-refractivity contribution < 1.29 is 46.8 Å². The van der Waals surface area contributed by atoms with Crippen molar-refractivity contribution in [1.82, 2.24) is 14.9 Å². The van der Waals surface area contributed by atoms with E-state index in [1.54, 1.807) is 37.4 Å². The molecule has 4 heterocycles. The number of rotatable bonds is 7. The van der Waals surface area contributed by atoms with Crippen molar-refractivity contribution >= 4 is 17.5 Å². The highest BCUT2D eigenvalue weighted by Crippen LogP contribution is 2.42. The smallest absolute Gasteiger partial charge is 0.423 e. The molecule has 2 aromatic carbocycles. The maximum Gasteiger partial charge on any atom is 0.423 e. The van der Waals surface area contributed by atoms with E-state index in [0.717, 1.165) is 0 Å². The summed E-state index contributed by atoms with van der Waals surface area (Å²) in [5.74, 6) is -0.650. The second-order valence-corrected chi connectivity index (χ2v) is 10.1. The third-order valence-electron chi connectivity index (χ3n) is 7.58. The minimum absolute atomic E-state index is 0.0418. The SMILES string of the molecule is COc1cc(O[C@@H]2CO[C@H]3[C@@H]2OC[C@H]3O)ccc1Nc1ncc(C(F)(F)F)c(Oc2cccc3c2C(=O)N(C)[C@H]3C)n1. The molecular weight excluding hydrogens is 561 g/mol. The number of benzene rings is 2. The predicted octanol–water partition coefficient (Wildman–Crippen LogP) is 4.09. The number of alkyl halides is 3. The second kappa shape index (κ2) is 10.6. The number of amides is 1. The van der Waals surface area contributed by atoms with E-state index in [4.69, 9.17) is 23.7 Å². The molecule has 5 atom stereocenters. The number of aromatic nitrogens is 2. The van der Waals surface area contributed by atoms with Crippen LogP contribution < -0.4 is 19.5 Å². The van der Waals surface area contributed by atoms with Crippen LogP contribution in [0.2, 0.25) is 0 Å². The van der Waals surface area contributed by atoms with Crippen LogP contribution >= 0.6 is 0 Å². The van der Waals surface area contributed by atoms with Crippen LogP contribution in [0.1, 0.15) is 34.5 Å². The summed E-state index contributed by atoms with van der Waals surface area (Å²) in [6.07, 6.45) is -6.23. The Hall–Kier alpha value is -4.14. The van der Waals surface area contributed by atoms with E-state index in [0.29, 0.717) is 28.9 Å². The molecule has 11 nitrogen and oxygen atoms in total. The van der Waals surface area contributed by atoms with Gasteiger partial charge in [0.1, 0.15) is 41.1 Å². The molecule has 3 aliphatic heterocycles. The molecule has 0 spiro atoms. The molecule has 1 amide bonds. The highest BCUT2D eigenvalue weighted by atomic mass is 19.4. The second-order valence-electron chi connectivity index (χ2n) is 10.1. The number of carbonyl (C=O) groups excluding carboxylic acids is 1. The minimum Gasteiger partial charge on any atom is -0.494 e. The lowest BCUT2D eigenvalue weighted by Crippen LogP contribution is -2.34. The van der Waals surface area contributed by atoms with Crippen LogP contribution in [0.15, 0.2) is 42.6 Å². The molecule has 0 aliphatic carbocycles. The van der Waals surface area contributed by atoms with Crippen LogP contribution in [-0.4, -0.2) is 77.7 Å². The average molecular weight is 589 g/mol. The molecular formula is C28H27F3N4O7. The summed E-state index contributed by atoms with van der Waals surface area (Å²) < 4.78 is 70.0. The summed E-state index contributed by atoms with van der Waals surface area (Å²) in [6.45, 7) is 2.22. The van der Waals surface area contributed by atoms with Crippen molar-refractivity contribution in [2.75, 3.05) is 32.7 Å². The number of aliphatic hydroxyl groups is 1. The van der Waals surface area contributed by atoms with Crippen molar-refractivity contribution in [2.24, 2.45) is 0 Å². The molecule has 0 radical (unpaired) electrons. The van der Waals surface area contributed by atoms with Gasteiger partial charge in [-0.15, -0.1) is 0 Å². The van der Waals surface area contributed by atoms with E-state index in [1.807, 2.05) is 6.92 Å². The van der Waals surface area contributed by atoms with Gasteiger partial charge in [-0.25, -0.2) is 4.98 Å². The molecule has 3 aliphatic rings. The molecule has 6 rings (SSSR count). The van der Waals surface area contributed by atoms with Gasteiger partial charge in [0.25, 0.3) is 5.91 Å². The van der Waals surface area contributed by atoms with Crippen LogP contribution in [0.25, 0.3) is 0 Å². The number of carbonyl (C=O) groups is 1. The third kappa shape index (κ3) is 4.95. The molecule has 0 saturated carbocycles. The van der Waals surface area contributed by atoms with E-state index in [1.165, 1.54) is 18.1 Å². The Morgan fingerprint density at radius 3 is 2.67 bits per heavy atom. The molecule has 2 fully saturated rings. The zero-order valence-corrected chi connectivity index (χ0v) is 22.7. The Morgan fingerprint density at radius 2 is 1.90 bits per heavy atom. The van der Waals surface area contributed by atoms with Gasteiger partial charge < -0.3 is 39.0 Å². The maximum absolute atomic E-state index is 13.9. The zero-order chi connectivity index (χ0) is 29.8. The van der Waals surface area contributed by atoms with Gasteiger partial charge in [-0.3, -0.25) is 4.79 Å². The van der Waals surface area contributed by atoms with Gasteiger partial charge >= 0.3 is 6.18 Å². The van der Waals surface area contributed by atoms with Gasteiger partial charge in [0.2, 0.25) is 11.8 Å². The monoisotopic (exact) mass is 588 g/mol. The van der Waals surface area contributed by atoms with Crippen LogP contribution in [0.3, 0.4) is 0 Å². The number of nitrogens with zero attached hydrogens (tertiary/aromatic N) is 3. The fourth-order valence-corrected chi connectivity index (χ4v) is 5.26. The Morgan fingerprint density at radius 1 is 1.12 bits per heavy atom. The van der Waals surface area contributed by atoms with E-state index in [-0.39, 0.29) is 42.4 Å². The molecule has 42 heavy (non-hydrogen) atoms. The Labute approximate surface area is 238 Å². The number of nitrogens with one attached hydrogen (secondary N) is 1. The van der Waals surface area contributed by atoms with E-state index in [9.17, 15) is 23.1 Å². The molecule has 2 saturated heterocycles. The van der Waals surface area contributed by atoms with Gasteiger partial charge in [-0.1, -0.05) is 12.1 Å². The Balaban J connectivity index is 1.26. The zero-order valence-electron chi connectivity index (χ0n) is 22.7. The first-order chi connectivity index (χ1) is 20.0. The highest BCUT2D eigenvalue weighted by Gasteiger charge is 2.48. The lowest BCUT2D eigenvalue weighted by Gasteiger charge is -2.19. The first-order valence-corrected chi connectivity index (χ1v) is 13.1. The lowest BCUT2D eigenvalue weighted by molar-refractivity contribution is -0.139. The summed E-state index contributed by atoms with van der Waals surface area (Å²) in [5, 5.41) is 12.8. The number of ether oxygens (including phenoxy) is 5. The number of aliphatic hydroxyl groups excluding tert-OH is 1. The van der Waals surface area contributed by atoms with E-state index >= 15 is 0 Å². The van der Waals surface area contributed by atoms with Crippen LogP contribution in [-0.2, 0) is 15.7 Å². The fourth-order valence-electron chi connectivity index (χ4n) is 5.26. The van der Waals surface area contributed by atoms with Crippen molar-refractivity contribution in [3.05, 3.63) is 59.3 Å². The number of methoxy groups -OCH3 is 1.